The Hall–Kier alpha value is -1.02. The molecule has 1 aromatic rings. The standard InChI is InChI=1S/C11H12ClNO.C2H6/c1-7-6-9(12)4-5-10(7)13-11(14)8-2-3-8;1-2/h4-6,8H,2-3H2,1H3,(H,13,14);1-2H3. The lowest BCUT2D eigenvalue weighted by atomic mass is 10.2. The Bertz CT molecular complexity index is 372. The highest BCUT2D eigenvalue weighted by Gasteiger charge is 2.29. The van der Waals surface area contributed by atoms with E-state index in [4.69, 9.17) is 11.6 Å². The molecule has 0 atom stereocenters. The highest BCUT2D eigenvalue weighted by atomic mass is 35.5. The van der Waals surface area contributed by atoms with E-state index in [0.29, 0.717) is 5.02 Å². The van der Waals surface area contributed by atoms with Crippen LogP contribution in [0.1, 0.15) is 32.3 Å². The fourth-order valence-electron chi connectivity index (χ4n) is 1.35. The van der Waals surface area contributed by atoms with Crippen LogP contribution in [0.15, 0.2) is 18.2 Å². The third-order valence-corrected chi connectivity index (χ3v) is 2.63. The number of carbonyl (C=O) groups is 1. The minimum atomic E-state index is 0.135. The van der Waals surface area contributed by atoms with E-state index in [1.807, 2.05) is 32.9 Å². The van der Waals surface area contributed by atoms with Gasteiger partial charge in [0, 0.05) is 16.6 Å². The molecule has 16 heavy (non-hydrogen) atoms. The first-order valence-electron chi connectivity index (χ1n) is 5.74. The van der Waals surface area contributed by atoms with Gasteiger partial charge >= 0.3 is 0 Å². The van der Waals surface area contributed by atoms with E-state index >= 15 is 0 Å². The maximum atomic E-state index is 11.5. The predicted octanol–water partition coefficient (Wildman–Crippen LogP) is 4.02. The van der Waals surface area contributed by atoms with E-state index < -0.39 is 0 Å². The first kappa shape index (κ1) is 13.0. The molecule has 0 saturated heterocycles. The van der Waals surface area contributed by atoms with Crippen molar-refractivity contribution in [3.8, 4) is 0 Å². The Morgan fingerprint density at radius 3 is 2.50 bits per heavy atom. The summed E-state index contributed by atoms with van der Waals surface area (Å²) in [4.78, 5) is 11.5. The first-order chi connectivity index (χ1) is 7.66. The number of hydrogen-bond donors (Lipinski definition) is 1. The molecule has 2 nitrogen and oxygen atoms in total. The fraction of sp³-hybridized carbons (Fsp3) is 0.462. The van der Waals surface area contributed by atoms with Crippen LogP contribution in [-0.2, 0) is 4.79 Å². The molecule has 0 spiro atoms. The normalized spacial score (nSPS) is 13.8. The average Bonchev–Trinajstić information content (AvgIpc) is 3.08. The number of aryl methyl sites for hydroxylation is 1. The number of benzene rings is 1. The Kier molecular flexibility index (Phi) is 4.81. The summed E-state index contributed by atoms with van der Waals surface area (Å²) in [6.07, 6.45) is 2.05. The Balaban J connectivity index is 0.000000606. The fourth-order valence-corrected chi connectivity index (χ4v) is 1.57. The van der Waals surface area contributed by atoms with E-state index in [9.17, 15) is 4.79 Å². The number of nitrogens with one attached hydrogen (secondary N) is 1. The third kappa shape index (κ3) is 3.53. The minimum Gasteiger partial charge on any atom is -0.326 e. The zero-order chi connectivity index (χ0) is 12.1. The van der Waals surface area contributed by atoms with E-state index in [2.05, 4.69) is 5.32 Å². The van der Waals surface area contributed by atoms with Crippen molar-refractivity contribution in [1.29, 1.82) is 0 Å². The van der Waals surface area contributed by atoms with Crippen LogP contribution < -0.4 is 5.32 Å². The molecule has 0 radical (unpaired) electrons. The Labute approximate surface area is 102 Å². The predicted molar refractivity (Wildman–Crippen MR) is 68.9 cm³/mol. The molecule has 1 aliphatic rings. The molecule has 0 bridgehead atoms. The molecule has 2 rings (SSSR count). The molecule has 3 heteroatoms. The molecule has 1 amide bonds. The average molecular weight is 240 g/mol. The van der Waals surface area contributed by atoms with E-state index in [1.54, 1.807) is 6.07 Å². The summed E-state index contributed by atoms with van der Waals surface area (Å²) in [7, 11) is 0. The van der Waals surface area contributed by atoms with Crippen molar-refractivity contribution >= 4 is 23.2 Å². The van der Waals surface area contributed by atoms with Gasteiger partial charge in [0.2, 0.25) is 5.91 Å². The van der Waals surface area contributed by atoms with Gasteiger partial charge in [-0.1, -0.05) is 25.4 Å². The SMILES string of the molecule is CC.Cc1cc(Cl)ccc1NC(=O)C1CC1. The van der Waals surface area contributed by atoms with Crippen molar-refractivity contribution in [2.45, 2.75) is 33.6 Å². The van der Waals surface area contributed by atoms with Crippen LogP contribution in [0.25, 0.3) is 0 Å². The van der Waals surface area contributed by atoms with Crippen LogP contribution in [0, 0.1) is 12.8 Å². The highest BCUT2D eigenvalue weighted by molar-refractivity contribution is 6.30. The summed E-state index contributed by atoms with van der Waals surface area (Å²) in [6.45, 7) is 5.94. The van der Waals surface area contributed by atoms with Crippen molar-refractivity contribution in [2.75, 3.05) is 5.32 Å². The maximum Gasteiger partial charge on any atom is 0.227 e. The van der Waals surface area contributed by atoms with Gasteiger partial charge in [0.05, 0.1) is 0 Å². The highest BCUT2D eigenvalue weighted by Crippen LogP contribution is 2.30. The van der Waals surface area contributed by atoms with Crippen LogP contribution in [-0.4, -0.2) is 5.91 Å². The molecular weight excluding hydrogens is 222 g/mol. The van der Waals surface area contributed by atoms with Gasteiger partial charge in [-0.15, -0.1) is 0 Å². The molecule has 1 saturated carbocycles. The summed E-state index contributed by atoms with van der Waals surface area (Å²) in [5.41, 5.74) is 1.87. The number of hydrogen-bond acceptors (Lipinski definition) is 1. The quantitative estimate of drug-likeness (QED) is 0.830. The third-order valence-electron chi connectivity index (χ3n) is 2.39. The zero-order valence-corrected chi connectivity index (χ0v) is 10.8. The number of rotatable bonds is 2. The van der Waals surface area contributed by atoms with Crippen molar-refractivity contribution in [1.82, 2.24) is 0 Å². The largest absolute Gasteiger partial charge is 0.326 e. The smallest absolute Gasteiger partial charge is 0.227 e. The lowest BCUT2D eigenvalue weighted by Crippen LogP contribution is -2.13. The van der Waals surface area contributed by atoms with Crippen LogP contribution >= 0.6 is 11.6 Å². The van der Waals surface area contributed by atoms with E-state index in [1.165, 1.54) is 0 Å². The molecule has 0 heterocycles. The number of halogens is 1. The second-order valence-electron chi connectivity index (χ2n) is 3.72. The molecule has 1 aromatic carbocycles. The molecule has 1 aliphatic carbocycles. The van der Waals surface area contributed by atoms with Gasteiger partial charge in [-0.3, -0.25) is 4.79 Å². The topological polar surface area (TPSA) is 29.1 Å². The van der Waals surface area contributed by atoms with Gasteiger partial charge in [-0.2, -0.15) is 0 Å². The van der Waals surface area contributed by atoms with Crippen LogP contribution in [0.4, 0.5) is 5.69 Å². The van der Waals surface area contributed by atoms with Crippen LogP contribution in [0.2, 0.25) is 5.02 Å². The van der Waals surface area contributed by atoms with Crippen molar-refractivity contribution in [2.24, 2.45) is 5.92 Å². The van der Waals surface area contributed by atoms with E-state index in [-0.39, 0.29) is 11.8 Å². The summed E-state index contributed by atoms with van der Waals surface area (Å²) in [5.74, 6) is 0.375. The molecule has 1 fully saturated rings. The molecular formula is C13H18ClNO. The monoisotopic (exact) mass is 239 g/mol. The molecule has 0 aromatic heterocycles. The summed E-state index contributed by atoms with van der Waals surface area (Å²) in [6, 6.07) is 5.49. The Morgan fingerprint density at radius 1 is 1.38 bits per heavy atom. The van der Waals surface area contributed by atoms with Crippen molar-refractivity contribution in [3.63, 3.8) is 0 Å². The second kappa shape index (κ2) is 5.90. The number of anilines is 1. The number of amides is 1. The maximum absolute atomic E-state index is 11.5. The van der Waals surface area contributed by atoms with Crippen LogP contribution in [0.5, 0.6) is 0 Å². The van der Waals surface area contributed by atoms with Crippen molar-refractivity contribution < 1.29 is 4.79 Å². The van der Waals surface area contributed by atoms with Crippen LogP contribution in [0.3, 0.4) is 0 Å². The van der Waals surface area contributed by atoms with Gasteiger partial charge in [0.15, 0.2) is 0 Å². The van der Waals surface area contributed by atoms with Crippen molar-refractivity contribution in [3.05, 3.63) is 28.8 Å². The molecule has 1 N–H and O–H groups in total. The lowest BCUT2D eigenvalue weighted by molar-refractivity contribution is -0.117. The Morgan fingerprint density at radius 2 is 2.00 bits per heavy atom. The van der Waals surface area contributed by atoms with Gasteiger partial charge < -0.3 is 5.32 Å². The first-order valence-corrected chi connectivity index (χ1v) is 6.11. The summed E-state index contributed by atoms with van der Waals surface area (Å²) < 4.78 is 0. The van der Waals surface area contributed by atoms with Gasteiger partial charge in [0.1, 0.15) is 0 Å². The summed E-state index contributed by atoms with van der Waals surface area (Å²) >= 11 is 5.82. The molecule has 88 valence electrons. The summed E-state index contributed by atoms with van der Waals surface area (Å²) in [5, 5.41) is 3.60. The second-order valence-corrected chi connectivity index (χ2v) is 4.16. The number of carbonyl (C=O) groups excluding carboxylic acids is 1. The van der Waals surface area contributed by atoms with Gasteiger partial charge in [-0.05, 0) is 43.5 Å². The van der Waals surface area contributed by atoms with E-state index in [0.717, 1.165) is 24.1 Å². The lowest BCUT2D eigenvalue weighted by Gasteiger charge is -2.07. The van der Waals surface area contributed by atoms with Gasteiger partial charge in [0.25, 0.3) is 0 Å². The molecule has 0 unspecified atom stereocenters. The van der Waals surface area contributed by atoms with Gasteiger partial charge in [-0.25, -0.2) is 0 Å². The minimum absolute atomic E-state index is 0.135. The molecule has 0 aliphatic heterocycles. The zero-order valence-electron chi connectivity index (χ0n) is 10.0.